The normalized spacial score (nSPS) is 18.0. The minimum Gasteiger partial charge on any atom is -0.444 e. The van der Waals surface area contributed by atoms with Gasteiger partial charge in [-0.15, -0.1) is 0 Å². The summed E-state index contributed by atoms with van der Waals surface area (Å²) < 4.78 is 5.54. The summed E-state index contributed by atoms with van der Waals surface area (Å²) in [7, 11) is 0. The number of rotatable bonds is 3. The van der Waals surface area contributed by atoms with E-state index in [0.717, 1.165) is 31.5 Å². The number of carbonyl (C=O) groups is 1. The molecule has 1 atom stereocenters. The quantitative estimate of drug-likeness (QED) is 0.868. The van der Waals surface area contributed by atoms with E-state index in [9.17, 15) is 4.79 Å². The Hall–Kier alpha value is -2.37. The standard InChI is InChI=1S/C18H24N4O2/c1-18(2,3)24-17(23)21-11-5-8-15(21)12-14-6-4-7-16(13-14)22-19-9-10-20-22/h4,6-7,9-10,13,15H,5,8,11-12H2,1-3H3/t15-/m0/s1. The second-order valence-corrected chi connectivity index (χ2v) is 7.16. The number of amides is 1. The third-order valence-corrected chi connectivity index (χ3v) is 4.04. The van der Waals surface area contributed by atoms with E-state index in [2.05, 4.69) is 22.3 Å². The number of nitrogens with zero attached hydrogens (tertiary/aromatic N) is 4. The van der Waals surface area contributed by atoms with E-state index in [0.29, 0.717) is 0 Å². The number of carbonyl (C=O) groups excluding carboxylic acids is 1. The summed E-state index contributed by atoms with van der Waals surface area (Å²) in [5.74, 6) is 0. The molecule has 24 heavy (non-hydrogen) atoms. The number of hydrogen-bond acceptors (Lipinski definition) is 4. The lowest BCUT2D eigenvalue weighted by Gasteiger charge is -2.28. The Bertz CT molecular complexity index is 691. The van der Waals surface area contributed by atoms with Gasteiger partial charge < -0.3 is 9.64 Å². The van der Waals surface area contributed by atoms with Crippen molar-refractivity contribution in [1.82, 2.24) is 19.9 Å². The van der Waals surface area contributed by atoms with Gasteiger partial charge in [0.15, 0.2) is 0 Å². The van der Waals surface area contributed by atoms with E-state index in [1.54, 1.807) is 17.2 Å². The first-order valence-electron chi connectivity index (χ1n) is 8.38. The van der Waals surface area contributed by atoms with Crippen molar-refractivity contribution < 1.29 is 9.53 Å². The average molecular weight is 328 g/mol. The Morgan fingerprint density at radius 2 is 2.04 bits per heavy atom. The fourth-order valence-electron chi connectivity index (χ4n) is 3.04. The largest absolute Gasteiger partial charge is 0.444 e. The van der Waals surface area contributed by atoms with Crippen molar-refractivity contribution in [2.45, 2.75) is 51.7 Å². The minimum absolute atomic E-state index is 0.181. The topological polar surface area (TPSA) is 60.2 Å². The van der Waals surface area contributed by atoms with Gasteiger partial charge in [-0.1, -0.05) is 12.1 Å². The third-order valence-electron chi connectivity index (χ3n) is 4.04. The molecule has 128 valence electrons. The van der Waals surface area contributed by atoms with E-state index < -0.39 is 5.60 Å². The molecule has 0 spiro atoms. The predicted molar refractivity (Wildman–Crippen MR) is 91.0 cm³/mol. The van der Waals surface area contributed by atoms with Crippen molar-refractivity contribution in [2.24, 2.45) is 0 Å². The lowest BCUT2D eigenvalue weighted by atomic mass is 10.0. The molecule has 1 fully saturated rings. The first kappa shape index (κ1) is 16.5. The van der Waals surface area contributed by atoms with Crippen LogP contribution >= 0.6 is 0 Å². The first-order valence-corrected chi connectivity index (χ1v) is 8.38. The fraction of sp³-hybridized carbons (Fsp3) is 0.500. The number of likely N-dealkylation sites (tertiary alicyclic amines) is 1. The van der Waals surface area contributed by atoms with Gasteiger partial charge in [-0.05, 0) is 57.7 Å². The highest BCUT2D eigenvalue weighted by Gasteiger charge is 2.32. The van der Waals surface area contributed by atoms with Gasteiger partial charge >= 0.3 is 6.09 Å². The molecule has 2 aromatic rings. The Labute approximate surface area is 142 Å². The molecule has 1 amide bonds. The van der Waals surface area contributed by atoms with Crippen LogP contribution in [-0.2, 0) is 11.2 Å². The Morgan fingerprint density at radius 1 is 1.29 bits per heavy atom. The Morgan fingerprint density at radius 3 is 2.75 bits per heavy atom. The molecule has 1 saturated heterocycles. The smallest absolute Gasteiger partial charge is 0.410 e. The van der Waals surface area contributed by atoms with Crippen molar-refractivity contribution in [3.05, 3.63) is 42.2 Å². The van der Waals surface area contributed by atoms with Crippen molar-refractivity contribution in [2.75, 3.05) is 6.54 Å². The second kappa shape index (κ2) is 6.63. The van der Waals surface area contributed by atoms with Crippen LogP contribution in [0.25, 0.3) is 5.69 Å². The lowest BCUT2D eigenvalue weighted by Crippen LogP contribution is -2.40. The van der Waals surface area contributed by atoms with Crippen LogP contribution in [0.5, 0.6) is 0 Å². The van der Waals surface area contributed by atoms with Crippen LogP contribution in [0, 0.1) is 0 Å². The van der Waals surface area contributed by atoms with Gasteiger partial charge in [0.25, 0.3) is 0 Å². The molecule has 1 aliphatic rings. The SMILES string of the molecule is CC(C)(C)OC(=O)N1CCC[C@H]1Cc1cccc(-n2nccn2)c1. The van der Waals surface area contributed by atoms with Crippen LogP contribution in [0.4, 0.5) is 4.79 Å². The maximum absolute atomic E-state index is 12.4. The minimum atomic E-state index is -0.462. The van der Waals surface area contributed by atoms with Crippen molar-refractivity contribution in [3.63, 3.8) is 0 Å². The van der Waals surface area contributed by atoms with E-state index in [4.69, 9.17) is 4.74 Å². The van der Waals surface area contributed by atoms with Gasteiger partial charge in [0.05, 0.1) is 18.1 Å². The molecule has 0 N–H and O–H groups in total. The zero-order valence-corrected chi connectivity index (χ0v) is 14.5. The summed E-state index contributed by atoms with van der Waals surface area (Å²) in [6.07, 6.45) is 5.94. The molecule has 0 aliphatic carbocycles. The van der Waals surface area contributed by atoms with Crippen LogP contribution in [-0.4, -0.2) is 44.2 Å². The lowest BCUT2D eigenvalue weighted by molar-refractivity contribution is 0.0227. The average Bonchev–Trinajstić information content (AvgIpc) is 3.17. The van der Waals surface area contributed by atoms with E-state index in [-0.39, 0.29) is 12.1 Å². The zero-order chi connectivity index (χ0) is 17.2. The number of hydrogen-bond donors (Lipinski definition) is 0. The van der Waals surface area contributed by atoms with Gasteiger partial charge in [0.2, 0.25) is 0 Å². The van der Waals surface area contributed by atoms with E-state index in [1.165, 1.54) is 5.56 Å². The first-order chi connectivity index (χ1) is 11.4. The Kier molecular flexibility index (Phi) is 4.55. The van der Waals surface area contributed by atoms with Crippen molar-refractivity contribution in [1.29, 1.82) is 0 Å². The summed E-state index contributed by atoms with van der Waals surface area (Å²) in [6, 6.07) is 8.31. The van der Waals surface area contributed by atoms with Crippen molar-refractivity contribution in [3.8, 4) is 5.69 Å². The Balaban J connectivity index is 1.71. The van der Waals surface area contributed by atoms with Gasteiger partial charge in [0, 0.05) is 12.6 Å². The van der Waals surface area contributed by atoms with E-state index in [1.807, 2.05) is 37.8 Å². The summed E-state index contributed by atoms with van der Waals surface area (Å²) in [4.78, 5) is 15.9. The summed E-state index contributed by atoms with van der Waals surface area (Å²) in [5.41, 5.74) is 1.64. The highest BCUT2D eigenvalue weighted by Crippen LogP contribution is 2.24. The molecule has 6 nitrogen and oxygen atoms in total. The molecular formula is C18H24N4O2. The second-order valence-electron chi connectivity index (χ2n) is 7.16. The molecule has 1 aromatic carbocycles. The molecule has 2 heterocycles. The molecule has 0 bridgehead atoms. The summed E-state index contributed by atoms with van der Waals surface area (Å²) in [5, 5.41) is 8.33. The molecule has 0 saturated carbocycles. The summed E-state index contributed by atoms with van der Waals surface area (Å²) in [6.45, 7) is 6.46. The van der Waals surface area contributed by atoms with Crippen LogP contribution < -0.4 is 0 Å². The monoisotopic (exact) mass is 328 g/mol. The van der Waals surface area contributed by atoms with Gasteiger partial charge in [-0.25, -0.2) is 4.79 Å². The van der Waals surface area contributed by atoms with Crippen LogP contribution in [0.15, 0.2) is 36.7 Å². The number of aromatic nitrogens is 3. The van der Waals surface area contributed by atoms with Crippen LogP contribution in [0.3, 0.4) is 0 Å². The highest BCUT2D eigenvalue weighted by atomic mass is 16.6. The van der Waals surface area contributed by atoms with Gasteiger partial charge in [0.1, 0.15) is 5.60 Å². The number of benzene rings is 1. The molecule has 0 unspecified atom stereocenters. The highest BCUT2D eigenvalue weighted by molar-refractivity contribution is 5.69. The van der Waals surface area contributed by atoms with Gasteiger partial charge in [-0.3, -0.25) is 0 Å². The molecule has 1 aromatic heterocycles. The molecule has 6 heteroatoms. The van der Waals surface area contributed by atoms with Gasteiger partial charge in [-0.2, -0.15) is 15.0 Å². The molecular weight excluding hydrogens is 304 g/mol. The maximum atomic E-state index is 12.4. The predicted octanol–water partition coefficient (Wildman–Crippen LogP) is 3.21. The number of ether oxygens (including phenoxy) is 1. The summed E-state index contributed by atoms with van der Waals surface area (Å²) >= 11 is 0. The zero-order valence-electron chi connectivity index (χ0n) is 14.5. The fourth-order valence-corrected chi connectivity index (χ4v) is 3.04. The molecule has 1 aliphatic heterocycles. The van der Waals surface area contributed by atoms with Crippen LogP contribution in [0.2, 0.25) is 0 Å². The van der Waals surface area contributed by atoms with Crippen molar-refractivity contribution >= 4 is 6.09 Å². The molecule has 0 radical (unpaired) electrons. The molecule has 3 rings (SSSR count). The van der Waals surface area contributed by atoms with E-state index >= 15 is 0 Å². The van der Waals surface area contributed by atoms with Crippen LogP contribution in [0.1, 0.15) is 39.2 Å². The maximum Gasteiger partial charge on any atom is 0.410 e. The third kappa shape index (κ3) is 3.93.